The summed E-state index contributed by atoms with van der Waals surface area (Å²) in [6.45, 7) is 0. The number of furan rings is 1. The minimum Gasteiger partial charge on any atom is -0.458 e. The molecule has 1 atom stereocenters. The van der Waals surface area contributed by atoms with Crippen molar-refractivity contribution in [3.63, 3.8) is 0 Å². The van der Waals surface area contributed by atoms with Gasteiger partial charge >= 0.3 is 0 Å². The highest BCUT2D eigenvalue weighted by molar-refractivity contribution is 9.10. The van der Waals surface area contributed by atoms with Crippen molar-refractivity contribution in [1.29, 1.82) is 0 Å². The average Bonchev–Trinajstić information content (AvgIpc) is 3.05. The number of likely N-dealkylation sites (N-methyl/N-ethyl adjacent to an activating group) is 1. The summed E-state index contributed by atoms with van der Waals surface area (Å²) in [4.78, 5) is 1.36. The molecule has 0 aliphatic rings. The van der Waals surface area contributed by atoms with Crippen molar-refractivity contribution in [2.45, 2.75) is 12.5 Å². The van der Waals surface area contributed by atoms with Crippen molar-refractivity contribution >= 4 is 38.2 Å². The summed E-state index contributed by atoms with van der Waals surface area (Å²) in [6, 6.07) is 12.7. The Morgan fingerprint density at radius 3 is 2.89 bits per heavy atom. The number of benzene rings is 1. The fourth-order valence-corrected chi connectivity index (χ4v) is 3.41. The van der Waals surface area contributed by atoms with Crippen molar-refractivity contribution in [3.8, 4) is 0 Å². The van der Waals surface area contributed by atoms with Gasteiger partial charge < -0.3 is 9.73 Å². The first kappa shape index (κ1) is 12.9. The molecule has 0 bridgehead atoms. The summed E-state index contributed by atoms with van der Waals surface area (Å²) in [7, 11) is 1.97. The zero-order chi connectivity index (χ0) is 13.2. The first-order valence-corrected chi connectivity index (χ1v) is 7.83. The van der Waals surface area contributed by atoms with Gasteiger partial charge in [0, 0.05) is 16.7 Å². The van der Waals surface area contributed by atoms with Crippen LogP contribution in [0.1, 0.15) is 16.7 Å². The van der Waals surface area contributed by atoms with E-state index < -0.39 is 0 Å². The third-order valence-corrected chi connectivity index (χ3v) is 4.72. The maximum Gasteiger partial charge on any atom is 0.148 e. The molecule has 3 rings (SSSR count). The molecule has 2 heterocycles. The molecule has 0 fully saturated rings. The highest BCUT2D eigenvalue weighted by Gasteiger charge is 2.16. The number of rotatable bonds is 4. The molecule has 0 saturated heterocycles. The van der Waals surface area contributed by atoms with Gasteiger partial charge in [0.15, 0.2) is 0 Å². The van der Waals surface area contributed by atoms with Crippen LogP contribution in [0.15, 0.2) is 50.7 Å². The van der Waals surface area contributed by atoms with Gasteiger partial charge in [0.1, 0.15) is 11.3 Å². The average molecular weight is 336 g/mol. The third kappa shape index (κ3) is 2.61. The third-order valence-electron chi connectivity index (χ3n) is 3.19. The van der Waals surface area contributed by atoms with Gasteiger partial charge in [-0.1, -0.05) is 18.2 Å². The number of para-hydroxylation sites is 1. The molecule has 1 unspecified atom stereocenters. The van der Waals surface area contributed by atoms with Gasteiger partial charge in [0.05, 0.1) is 10.5 Å². The zero-order valence-electron chi connectivity index (χ0n) is 10.5. The van der Waals surface area contributed by atoms with Gasteiger partial charge in [0.25, 0.3) is 0 Å². The Kier molecular flexibility index (Phi) is 3.73. The van der Waals surface area contributed by atoms with Crippen LogP contribution in [0.4, 0.5) is 0 Å². The van der Waals surface area contributed by atoms with E-state index in [1.807, 2.05) is 19.2 Å². The van der Waals surface area contributed by atoms with Crippen LogP contribution >= 0.6 is 27.3 Å². The molecule has 0 aliphatic heterocycles. The summed E-state index contributed by atoms with van der Waals surface area (Å²) in [5, 5.41) is 6.58. The van der Waals surface area contributed by atoms with Gasteiger partial charge in [-0.3, -0.25) is 0 Å². The Bertz CT molecular complexity index is 675. The monoisotopic (exact) mass is 335 g/mol. The van der Waals surface area contributed by atoms with E-state index in [0.717, 1.165) is 27.6 Å². The van der Waals surface area contributed by atoms with E-state index in [0.29, 0.717) is 0 Å². The van der Waals surface area contributed by atoms with E-state index in [9.17, 15) is 0 Å². The quantitative estimate of drug-likeness (QED) is 0.743. The summed E-state index contributed by atoms with van der Waals surface area (Å²) in [5.41, 5.74) is 0.920. The molecule has 1 aromatic carbocycles. The summed E-state index contributed by atoms with van der Waals surface area (Å²) in [5.74, 6) is 0.984. The summed E-state index contributed by atoms with van der Waals surface area (Å²) >= 11 is 5.31. The molecule has 0 saturated carbocycles. The van der Waals surface area contributed by atoms with Crippen molar-refractivity contribution in [3.05, 3.63) is 56.9 Å². The van der Waals surface area contributed by atoms with Crippen molar-refractivity contribution in [2.24, 2.45) is 0 Å². The number of halogens is 1. The lowest BCUT2D eigenvalue weighted by molar-refractivity contribution is 0.452. The van der Waals surface area contributed by atoms with Crippen LogP contribution in [-0.4, -0.2) is 7.05 Å². The second-order valence-electron chi connectivity index (χ2n) is 4.43. The molecule has 4 heteroatoms. The lowest BCUT2D eigenvalue weighted by Crippen LogP contribution is -2.17. The molecule has 0 spiro atoms. The Morgan fingerprint density at radius 1 is 1.32 bits per heavy atom. The van der Waals surface area contributed by atoms with Crippen LogP contribution in [-0.2, 0) is 6.42 Å². The van der Waals surface area contributed by atoms with E-state index in [1.165, 1.54) is 4.88 Å². The Morgan fingerprint density at radius 2 is 2.21 bits per heavy atom. The second-order valence-corrected chi connectivity index (χ2v) is 6.32. The van der Waals surface area contributed by atoms with Crippen LogP contribution in [0, 0.1) is 0 Å². The van der Waals surface area contributed by atoms with E-state index in [-0.39, 0.29) is 6.04 Å². The number of nitrogens with one attached hydrogen (secondary N) is 1. The SMILES string of the molecule is CNC(Cc1cccs1)c1cc2cccc(Br)c2o1. The number of hydrogen-bond acceptors (Lipinski definition) is 3. The topological polar surface area (TPSA) is 25.2 Å². The second kappa shape index (κ2) is 5.49. The van der Waals surface area contributed by atoms with Gasteiger partial charge in [-0.25, -0.2) is 0 Å². The summed E-state index contributed by atoms with van der Waals surface area (Å²) < 4.78 is 7.00. The molecule has 1 N–H and O–H groups in total. The van der Waals surface area contributed by atoms with Crippen LogP contribution in [0.3, 0.4) is 0 Å². The normalized spacial score (nSPS) is 12.9. The highest BCUT2D eigenvalue weighted by Crippen LogP contribution is 2.31. The Labute approximate surface area is 124 Å². The maximum atomic E-state index is 6.00. The molecule has 0 amide bonds. The first-order valence-electron chi connectivity index (χ1n) is 6.15. The van der Waals surface area contributed by atoms with E-state index in [1.54, 1.807) is 11.3 Å². The predicted molar refractivity (Wildman–Crippen MR) is 83.7 cm³/mol. The largest absolute Gasteiger partial charge is 0.458 e. The lowest BCUT2D eigenvalue weighted by Gasteiger charge is -2.11. The van der Waals surface area contributed by atoms with E-state index in [4.69, 9.17) is 4.42 Å². The van der Waals surface area contributed by atoms with Crippen molar-refractivity contribution < 1.29 is 4.42 Å². The van der Waals surface area contributed by atoms with Crippen LogP contribution in [0.25, 0.3) is 11.0 Å². The number of thiophene rings is 1. The van der Waals surface area contributed by atoms with Crippen LogP contribution < -0.4 is 5.32 Å². The van der Waals surface area contributed by atoms with Crippen molar-refractivity contribution in [1.82, 2.24) is 5.32 Å². The fourth-order valence-electron chi connectivity index (χ4n) is 2.19. The summed E-state index contributed by atoms with van der Waals surface area (Å²) in [6.07, 6.45) is 0.950. The van der Waals surface area contributed by atoms with Crippen LogP contribution in [0.2, 0.25) is 0 Å². The predicted octanol–water partition coefficient (Wildman–Crippen LogP) is 4.76. The molecule has 98 valence electrons. The van der Waals surface area contributed by atoms with Crippen LogP contribution in [0.5, 0.6) is 0 Å². The van der Waals surface area contributed by atoms with Gasteiger partial charge in [0.2, 0.25) is 0 Å². The lowest BCUT2D eigenvalue weighted by atomic mass is 10.1. The molecular formula is C15H14BrNOS. The number of hydrogen-bond donors (Lipinski definition) is 1. The van der Waals surface area contributed by atoms with E-state index in [2.05, 4.69) is 50.9 Å². The maximum absolute atomic E-state index is 6.00. The Balaban J connectivity index is 1.95. The number of fused-ring (bicyclic) bond motifs is 1. The molecule has 0 radical (unpaired) electrons. The standard InChI is InChI=1S/C15H14BrNOS/c1-17-13(9-11-5-3-7-19-11)14-8-10-4-2-6-12(16)15(10)18-14/h2-8,13,17H,9H2,1H3. The molecule has 19 heavy (non-hydrogen) atoms. The highest BCUT2D eigenvalue weighted by atomic mass is 79.9. The van der Waals surface area contributed by atoms with E-state index >= 15 is 0 Å². The smallest absolute Gasteiger partial charge is 0.148 e. The molecule has 3 aromatic rings. The Hall–Kier alpha value is -1.10. The first-order chi connectivity index (χ1) is 9.28. The van der Waals surface area contributed by atoms with Gasteiger partial charge in [-0.2, -0.15) is 0 Å². The molecule has 0 aliphatic carbocycles. The molecule has 2 aromatic heterocycles. The van der Waals surface area contributed by atoms with Crippen molar-refractivity contribution in [2.75, 3.05) is 7.05 Å². The molecular weight excluding hydrogens is 322 g/mol. The molecule has 2 nitrogen and oxygen atoms in total. The fraction of sp³-hybridized carbons (Fsp3) is 0.200. The minimum atomic E-state index is 0.206. The van der Waals surface area contributed by atoms with Gasteiger partial charge in [-0.05, 0) is 46.6 Å². The zero-order valence-corrected chi connectivity index (χ0v) is 12.9. The van der Waals surface area contributed by atoms with Gasteiger partial charge in [-0.15, -0.1) is 11.3 Å². The minimum absolute atomic E-state index is 0.206.